The Labute approximate surface area is 241 Å². The van der Waals surface area contributed by atoms with Gasteiger partial charge in [0.15, 0.2) is 29.7 Å². The lowest BCUT2D eigenvalue weighted by atomic mass is 9.97. The standard InChI is InChI=1S/C27H30O16/c1-8-17(33)20(36)22(38)26(39-8)43-25-21(37)18(34)15(7-28)41-27(25)42-24-19(35)16-13(32)5-10(29)6-14(16)40-23(24)9-2-3-11(30)12(31)4-9/h2-6,8,15,17-18,20-22,25-34,36-38H,7H2,1H3/t8-,15+,17+,18-,20+,21-,22+,25+,26-,27-/m0/s1. The second kappa shape index (κ2) is 11.8. The van der Waals surface area contributed by atoms with Crippen LogP contribution in [0.3, 0.4) is 0 Å². The Morgan fingerprint density at radius 3 is 2.19 bits per heavy atom. The fraction of sp³-hybridized carbons (Fsp3) is 0.444. The van der Waals surface area contributed by atoms with Crippen LogP contribution in [0, 0.1) is 0 Å². The molecule has 10 atom stereocenters. The van der Waals surface area contributed by atoms with E-state index < -0.39 is 113 Å². The molecule has 0 radical (unpaired) electrons. The van der Waals surface area contributed by atoms with Crippen molar-refractivity contribution in [3.8, 4) is 40.1 Å². The van der Waals surface area contributed by atoms with Gasteiger partial charge in [-0.1, -0.05) is 0 Å². The zero-order valence-corrected chi connectivity index (χ0v) is 22.3. The summed E-state index contributed by atoms with van der Waals surface area (Å²) in [6.45, 7) is 0.541. The van der Waals surface area contributed by atoms with Gasteiger partial charge >= 0.3 is 0 Å². The number of hydrogen-bond donors (Lipinski definition) is 10. The molecule has 2 aliphatic heterocycles. The zero-order chi connectivity index (χ0) is 31.3. The SMILES string of the molecule is C[C@@H]1O[C@@H](O[C@H]2[C@H](Oc3c(-c4ccc(O)c(O)c4)oc4cc(O)cc(O)c4c3=O)O[C@H](CO)[C@H](O)[C@@H]2O)[C@H](O)[C@H](O)[C@@H]1O. The third-order valence-electron chi connectivity index (χ3n) is 7.31. The number of aliphatic hydroxyl groups excluding tert-OH is 6. The molecule has 43 heavy (non-hydrogen) atoms. The molecule has 0 saturated carbocycles. The number of aromatic hydroxyl groups is 4. The lowest BCUT2D eigenvalue weighted by Gasteiger charge is -2.45. The van der Waals surface area contributed by atoms with Gasteiger partial charge in [0, 0.05) is 17.7 Å². The van der Waals surface area contributed by atoms with E-state index in [1.54, 1.807) is 0 Å². The van der Waals surface area contributed by atoms with Crippen LogP contribution in [0.5, 0.6) is 28.7 Å². The molecule has 16 heteroatoms. The van der Waals surface area contributed by atoms with Crippen molar-refractivity contribution in [2.75, 3.05) is 6.61 Å². The molecule has 2 fully saturated rings. The average molecular weight is 611 g/mol. The molecular weight excluding hydrogens is 580 g/mol. The maximum Gasteiger partial charge on any atom is 0.239 e. The van der Waals surface area contributed by atoms with Crippen molar-refractivity contribution in [1.82, 2.24) is 0 Å². The van der Waals surface area contributed by atoms with E-state index in [0.717, 1.165) is 24.3 Å². The van der Waals surface area contributed by atoms with E-state index in [9.17, 15) is 55.9 Å². The fourth-order valence-electron chi connectivity index (χ4n) is 4.92. The molecule has 0 bridgehead atoms. The minimum atomic E-state index is -1.91. The molecule has 0 aliphatic carbocycles. The Bertz CT molecular complexity index is 1540. The molecule has 5 rings (SSSR count). The molecule has 2 aromatic carbocycles. The van der Waals surface area contributed by atoms with Crippen molar-refractivity contribution < 1.29 is 74.4 Å². The first kappa shape index (κ1) is 30.7. The first-order valence-corrected chi connectivity index (χ1v) is 13.0. The minimum Gasteiger partial charge on any atom is -0.508 e. The number of benzene rings is 2. The quantitative estimate of drug-likeness (QED) is 0.140. The summed E-state index contributed by atoms with van der Waals surface area (Å²) < 4.78 is 28.3. The molecule has 3 heterocycles. The number of phenols is 4. The number of ether oxygens (including phenoxy) is 4. The van der Waals surface area contributed by atoms with Crippen LogP contribution in [0.4, 0.5) is 0 Å². The topological polar surface area (TPSA) is 269 Å². The van der Waals surface area contributed by atoms with E-state index in [2.05, 4.69) is 0 Å². The Hall–Kier alpha value is -3.71. The van der Waals surface area contributed by atoms with E-state index in [4.69, 9.17) is 23.4 Å². The Morgan fingerprint density at radius 1 is 0.791 bits per heavy atom. The van der Waals surface area contributed by atoms with Crippen molar-refractivity contribution in [2.24, 2.45) is 0 Å². The third-order valence-corrected chi connectivity index (χ3v) is 7.31. The minimum absolute atomic E-state index is 0.0447. The molecule has 10 N–H and O–H groups in total. The average Bonchev–Trinajstić information content (AvgIpc) is 2.96. The van der Waals surface area contributed by atoms with Gasteiger partial charge in [0.25, 0.3) is 0 Å². The molecule has 3 aromatic rings. The van der Waals surface area contributed by atoms with Crippen molar-refractivity contribution in [1.29, 1.82) is 0 Å². The second-order valence-electron chi connectivity index (χ2n) is 10.2. The summed E-state index contributed by atoms with van der Waals surface area (Å²) in [6, 6.07) is 5.21. The molecule has 2 saturated heterocycles. The Balaban J connectivity index is 1.62. The van der Waals surface area contributed by atoms with Gasteiger partial charge in [-0.15, -0.1) is 0 Å². The second-order valence-corrected chi connectivity index (χ2v) is 10.2. The highest BCUT2D eigenvalue weighted by molar-refractivity contribution is 5.88. The highest BCUT2D eigenvalue weighted by atomic mass is 16.8. The lowest BCUT2D eigenvalue weighted by molar-refractivity contribution is -0.354. The molecule has 1 aromatic heterocycles. The van der Waals surface area contributed by atoms with Crippen molar-refractivity contribution >= 4 is 11.0 Å². The number of phenolic OH excluding ortho intramolecular Hbond substituents is 4. The van der Waals surface area contributed by atoms with Crippen LogP contribution in [0.2, 0.25) is 0 Å². The van der Waals surface area contributed by atoms with Crippen molar-refractivity contribution in [2.45, 2.75) is 68.3 Å². The molecule has 234 valence electrons. The number of hydrogen-bond acceptors (Lipinski definition) is 16. The molecule has 0 spiro atoms. The van der Waals surface area contributed by atoms with Crippen LogP contribution in [-0.4, -0.2) is 119 Å². The highest BCUT2D eigenvalue weighted by Gasteiger charge is 2.51. The number of aliphatic hydroxyl groups is 6. The van der Waals surface area contributed by atoms with Gasteiger partial charge in [-0.25, -0.2) is 0 Å². The Morgan fingerprint density at radius 2 is 1.51 bits per heavy atom. The first-order valence-electron chi connectivity index (χ1n) is 13.0. The number of fused-ring (bicyclic) bond motifs is 1. The van der Waals surface area contributed by atoms with Crippen LogP contribution >= 0.6 is 0 Å². The maximum atomic E-state index is 13.7. The largest absolute Gasteiger partial charge is 0.508 e. The summed E-state index contributed by atoms with van der Waals surface area (Å²) in [5, 5.41) is 102. The van der Waals surface area contributed by atoms with Crippen LogP contribution in [0.15, 0.2) is 39.5 Å². The van der Waals surface area contributed by atoms with E-state index in [-0.39, 0.29) is 11.1 Å². The van der Waals surface area contributed by atoms with Gasteiger partial charge in [-0.05, 0) is 25.1 Å². The van der Waals surface area contributed by atoms with Gasteiger partial charge in [-0.2, -0.15) is 0 Å². The van der Waals surface area contributed by atoms with E-state index in [1.807, 2.05) is 0 Å². The van der Waals surface area contributed by atoms with Crippen LogP contribution in [-0.2, 0) is 14.2 Å². The maximum absolute atomic E-state index is 13.7. The summed E-state index contributed by atoms with van der Waals surface area (Å²) in [5.41, 5.74) is -1.39. The fourth-order valence-corrected chi connectivity index (χ4v) is 4.92. The predicted octanol–water partition coefficient (Wildman–Crippen LogP) is -1.69. The summed E-state index contributed by atoms with van der Waals surface area (Å²) in [6.07, 6.45) is -16.7. The van der Waals surface area contributed by atoms with Gasteiger partial charge in [0.05, 0.1) is 12.7 Å². The zero-order valence-electron chi connectivity index (χ0n) is 22.3. The molecule has 2 aliphatic rings. The van der Waals surface area contributed by atoms with Gasteiger partial charge < -0.3 is 74.4 Å². The third kappa shape index (κ3) is 5.55. The predicted molar refractivity (Wildman–Crippen MR) is 140 cm³/mol. The molecule has 16 nitrogen and oxygen atoms in total. The van der Waals surface area contributed by atoms with Gasteiger partial charge in [-0.3, -0.25) is 4.79 Å². The summed E-state index contributed by atoms with van der Waals surface area (Å²) in [4.78, 5) is 13.7. The van der Waals surface area contributed by atoms with Crippen LogP contribution in [0.1, 0.15) is 6.92 Å². The molecule has 0 amide bonds. The van der Waals surface area contributed by atoms with E-state index in [0.29, 0.717) is 0 Å². The first-order chi connectivity index (χ1) is 20.3. The summed E-state index contributed by atoms with van der Waals surface area (Å²) in [5.74, 6) is -3.40. The lowest BCUT2D eigenvalue weighted by Crippen LogP contribution is -2.64. The number of rotatable bonds is 6. The van der Waals surface area contributed by atoms with Crippen molar-refractivity contribution in [3.63, 3.8) is 0 Å². The Kier molecular flexibility index (Phi) is 8.41. The van der Waals surface area contributed by atoms with Gasteiger partial charge in [0.1, 0.15) is 59.1 Å². The normalized spacial score (nSPS) is 33.0. The van der Waals surface area contributed by atoms with Crippen LogP contribution in [0.25, 0.3) is 22.3 Å². The van der Waals surface area contributed by atoms with E-state index >= 15 is 0 Å². The van der Waals surface area contributed by atoms with Crippen molar-refractivity contribution in [3.05, 3.63) is 40.6 Å². The van der Waals surface area contributed by atoms with Gasteiger partial charge in [0.2, 0.25) is 17.5 Å². The molecule has 0 unspecified atom stereocenters. The molecular formula is C27H30O16. The monoisotopic (exact) mass is 610 g/mol. The highest BCUT2D eigenvalue weighted by Crippen LogP contribution is 2.40. The summed E-state index contributed by atoms with van der Waals surface area (Å²) in [7, 11) is 0. The smallest absolute Gasteiger partial charge is 0.239 e. The van der Waals surface area contributed by atoms with Crippen LogP contribution < -0.4 is 10.2 Å². The van der Waals surface area contributed by atoms with E-state index in [1.165, 1.54) is 13.0 Å². The summed E-state index contributed by atoms with van der Waals surface area (Å²) >= 11 is 0.